The van der Waals surface area contributed by atoms with Gasteiger partial charge in [0.2, 0.25) is 0 Å². The third-order valence-electron chi connectivity index (χ3n) is 2.57. The molecule has 5 heteroatoms. The van der Waals surface area contributed by atoms with E-state index in [9.17, 15) is 9.90 Å². The maximum Gasteiger partial charge on any atom is 0.259 e. The molecule has 0 heterocycles. The normalized spacial score (nSPS) is 10.3. The summed E-state index contributed by atoms with van der Waals surface area (Å²) in [6, 6.07) is 10.4. The van der Waals surface area contributed by atoms with Crippen molar-refractivity contribution in [3.63, 3.8) is 0 Å². The van der Waals surface area contributed by atoms with Gasteiger partial charge in [-0.2, -0.15) is 0 Å². The van der Waals surface area contributed by atoms with Gasteiger partial charge < -0.3 is 10.4 Å². The monoisotopic (exact) mass is 383 g/mol. The molecule has 0 aliphatic rings. The van der Waals surface area contributed by atoms with E-state index in [1.807, 2.05) is 25.1 Å². The molecule has 0 aliphatic carbocycles. The maximum atomic E-state index is 12.1. The second-order valence-corrected chi connectivity index (χ2v) is 5.87. The molecular weight excluding hydrogens is 374 g/mol. The molecule has 0 aromatic heterocycles. The number of benzene rings is 2. The third-order valence-corrected chi connectivity index (χ3v) is 3.76. The zero-order valence-electron chi connectivity index (χ0n) is 10.1. The van der Waals surface area contributed by atoms with Crippen molar-refractivity contribution >= 4 is 43.5 Å². The fourth-order valence-electron chi connectivity index (χ4n) is 1.61. The third kappa shape index (κ3) is 3.36. The van der Waals surface area contributed by atoms with Gasteiger partial charge in [-0.3, -0.25) is 4.79 Å². The lowest BCUT2D eigenvalue weighted by molar-refractivity contribution is 0.102. The first-order valence-electron chi connectivity index (χ1n) is 5.53. The summed E-state index contributed by atoms with van der Waals surface area (Å²) in [5.74, 6) is -0.408. The summed E-state index contributed by atoms with van der Waals surface area (Å²) in [5, 5.41) is 12.5. The van der Waals surface area contributed by atoms with E-state index >= 15 is 0 Å². The van der Waals surface area contributed by atoms with E-state index in [0.717, 1.165) is 14.5 Å². The Morgan fingerprint density at radius 1 is 1.16 bits per heavy atom. The molecule has 2 rings (SSSR count). The Morgan fingerprint density at radius 2 is 1.89 bits per heavy atom. The van der Waals surface area contributed by atoms with E-state index in [-0.39, 0.29) is 17.2 Å². The van der Waals surface area contributed by atoms with Gasteiger partial charge in [0.15, 0.2) is 0 Å². The number of phenols is 1. The number of anilines is 1. The minimum Gasteiger partial charge on any atom is -0.507 e. The fraction of sp³-hybridized carbons (Fsp3) is 0.0714. The van der Waals surface area contributed by atoms with Crippen LogP contribution in [0.4, 0.5) is 5.69 Å². The highest BCUT2D eigenvalue weighted by Crippen LogP contribution is 2.26. The predicted molar refractivity (Wildman–Crippen MR) is 82.6 cm³/mol. The lowest BCUT2D eigenvalue weighted by Crippen LogP contribution is -2.12. The van der Waals surface area contributed by atoms with E-state index in [2.05, 4.69) is 37.2 Å². The van der Waals surface area contributed by atoms with Crippen LogP contribution < -0.4 is 5.32 Å². The minimum absolute atomic E-state index is 0.0514. The summed E-state index contributed by atoms with van der Waals surface area (Å²) in [6.45, 7) is 1.94. The smallest absolute Gasteiger partial charge is 0.259 e. The predicted octanol–water partition coefficient (Wildman–Crippen LogP) is 4.48. The molecule has 0 bridgehead atoms. The molecule has 0 spiro atoms. The van der Waals surface area contributed by atoms with Crippen LogP contribution in [0.3, 0.4) is 0 Å². The molecule has 0 radical (unpaired) electrons. The molecular formula is C14H11Br2NO2. The van der Waals surface area contributed by atoms with Crippen LogP contribution in [0.1, 0.15) is 15.9 Å². The van der Waals surface area contributed by atoms with Gasteiger partial charge in [-0.15, -0.1) is 0 Å². The number of hydrogen-bond acceptors (Lipinski definition) is 2. The SMILES string of the molecule is Cc1ccc(Br)c(NC(=O)c2cc(Br)ccc2O)c1. The zero-order chi connectivity index (χ0) is 14.0. The number of rotatable bonds is 2. The van der Waals surface area contributed by atoms with Crippen molar-refractivity contribution < 1.29 is 9.90 Å². The van der Waals surface area contributed by atoms with Crippen LogP contribution in [0.25, 0.3) is 0 Å². The lowest BCUT2D eigenvalue weighted by Gasteiger charge is -2.09. The first-order chi connectivity index (χ1) is 8.97. The standard InChI is InChI=1S/C14H11Br2NO2/c1-8-2-4-11(16)12(6-8)17-14(19)10-7-9(15)3-5-13(10)18/h2-7,18H,1H3,(H,17,19). The maximum absolute atomic E-state index is 12.1. The molecule has 0 saturated heterocycles. The lowest BCUT2D eigenvalue weighted by atomic mass is 10.1. The van der Waals surface area contributed by atoms with Gasteiger partial charge in [-0.05, 0) is 58.7 Å². The largest absolute Gasteiger partial charge is 0.507 e. The fourth-order valence-corrected chi connectivity index (χ4v) is 2.32. The number of carbonyl (C=O) groups is 1. The van der Waals surface area contributed by atoms with Gasteiger partial charge in [-0.25, -0.2) is 0 Å². The number of nitrogens with one attached hydrogen (secondary N) is 1. The molecule has 3 nitrogen and oxygen atoms in total. The molecule has 0 atom stereocenters. The Balaban J connectivity index is 2.30. The van der Waals surface area contributed by atoms with Gasteiger partial charge in [0.1, 0.15) is 5.75 Å². The van der Waals surface area contributed by atoms with Crippen molar-refractivity contribution in [2.75, 3.05) is 5.32 Å². The average molecular weight is 385 g/mol. The molecule has 0 fully saturated rings. The minimum atomic E-state index is -0.356. The molecule has 2 N–H and O–H groups in total. The van der Waals surface area contributed by atoms with Gasteiger partial charge in [0.05, 0.1) is 11.3 Å². The summed E-state index contributed by atoms with van der Waals surface area (Å²) in [7, 11) is 0. The number of aromatic hydroxyl groups is 1. The van der Waals surface area contributed by atoms with Crippen LogP contribution in [0.15, 0.2) is 45.3 Å². The van der Waals surface area contributed by atoms with Crippen molar-refractivity contribution in [1.29, 1.82) is 0 Å². The second-order valence-electron chi connectivity index (χ2n) is 4.10. The van der Waals surface area contributed by atoms with E-state index in [0.29, 0.717) is 5.69 Å². The van der Waals surface area contributed by atoms with Crippen molar-refractivity contribution in [1.82, 2.24) is 0 Å². The highest BCUT2D eigenvalue weighted by molar-refractivity contribution is 9.10. The molecule has 98 valence electrons. The number of carbonyl (C=O) groups excluding carboxylic acids is 1. The number of hydrogen-bond donors (Lipinski definition) is 2. The van der Waals surface area contributed by atoms with E-state index in [1.165, 1.54) is 6.07 Å². The number of amides is 1. The van der Waals surface area contributed by atoms with Crippen molar-refractivity contribution in [3.05, 3.63) is 56.5 Å². The van der Waals surface area contributed by atoms with Gasteiger partial charge in [0, 0.05) is 8.95 Å². The Labute approximate surface area is 127 Å². The van der Waals surface area contributed by atoms with Crippen LogP contribution in [0, 0.1) is 6.92 Å². The molecule has 19 heavy (non-hydrogen) atoms. The van der Waals surface area contributed by atoms with Crippen LogP contribution in [-0.2, 0) is 0 Å². The molecule has 0 saturated carbocycles. The summed E-state index contributed by atoms with van der Waals surface area (Å²) >= 11 is 6.65. The van der Waals surface area contributed by atoms with Crippen LogP contribution >= 0.6 is 31.9 Å². The molecule has 2 aromatic carbocycles. The number of aryl methyl sites for hydroxylation is 1. The Kier molecular flexibility index (Phi) is 4.27. The first-order valence-corrected chi connectivity index (χ1v) is 7.12. The Hall–Kier alpha value is -1.33. The number of phenolic OH excluding ortho intramolecular Hbond substituents is 1. The van der Waals surface area contributed by atoms with Crippen LogP contribution in [0.5, 0.6) is 5.75 Å². The van der Waals surface area contributed by atoms with E-state index in [1.54, 1.807) is 12.1 Å². The summed E-state index contributed by atoms with van der Waals surface area (Å²) < 4.78 is 1.53. The highest BCUT2D eigenvalue weighted by Gasteiger charge is 2.13. The summed E-state index contributed by atoms with van der Waals surface area (Å²) in [6.07, 6.45) is 0. The Morgan fingerprint density at radius 3 is 2.63 bits per heavy atom. The first kappa shape index (κ1) is 14.1. The molecule has 1 amide bonds. The number of halogens is 2. The van der Waals surface area contributed by atoms with Crippen molar-refractivity contribution in [3.8, 4) is 5.75 Å². The van der Waals surface area contributed by atoms with E-state index < -0.39 is 0 Å². The highest BCUT2D eigenvalue weighted by atomic mass is 79.9. The topological polar surface area (TPSA) is 49.3 Å². The summed E-state index contributed by atoms with van der Waals surface area (Å²) in [5.41, 5.74) is 1.93. The zero-order valence-corrected chi connectivity index (χ0v) is 13.2. The second kappa shape index (κ2) is 5.75. The van der Waals surface area contributed by atoms with E-state index in [4.69, 9.17) is 0 Å². The Bertz CT molecular complexity index is 641. The molecule has 0 unspecified atom stereocenters. The molecule has 2 aromatic rings. The quantitative estimate of drug-likeness (QED) is 0.801. The average Bonchev–Trinajstić information content (AvgIpc) is 2.36. The van der Waals surface area contributed by atoms with Gasteiger partial charge >= 0.3 is 0 Å². The molecule has 0 aliphatic heterocycles. The van der Waals surface area contributed by atoms with Gasteiger partial charge in [-0.1, -0.05) is 22.0 Å². The summed E-state index contributed by atoms with van der Waals surface area (Å²) in [4.78, 5) is 12.1. The van der Waals surface area contributed by atoms with Crippen molar-refractivity contribution in [2.24, 2.45) is 0 Å². The van der Waals surface area contributed by atoms with Crippen LogP contribution in [-0.4, -0.2) is 11.0 Å². The van der Waals surface area contributed by atoms with Gasteiger partial charge in [0.25, 0.3) is 5.91 Å². The van der Waals surface area contributed by atoms with Crippen LogP contribution in [0.2, 0.25) is 0 Å². The van der Waals surface area contributed by atoms with Crippen molar-refractivity contribution in [2.45, 2.75) is 6.92 Å².